The van der Waals surface area contributed by atoms with Gasteiger partial charge in [0.05, 0.1) is 0 Å². The third-order valence-electron chi connectivity index (χ3n) is 3.15. The van der Waals surface area contributed by atoms with Gasteiger partial charge in [0.2, 0.25) is 5.91 Å². The maximum absolute atomic E-state index is 11.9. The number of halogens is 1. The summed E-state index contributed by atoms with van der Waals surface area (Å²) in [4.78, 5) is 25.3. The van der Waals surface area contributed by atoms with Crippen molar-refractivity contribution in [1.29, 1.82) is 0 Å². The van der Waals surface area contributed by atoms with Crippen LogP contribution in [0.2, 0.25) is 5.02 Å². The lowest BCUT2D eigenvalue weighted by Crippen LogP contribution is -2.27. The number of hydrogen-bond acceptors (Lipinski definition) is 4. The van der Waals surface area contributed by atoms with Crippen molar-refractivity contribution >= 4 is 23.6 Å². The molecule has 6 nitrogen and oxygen atoms in total. The Labute approximate surface area is 142 Å². The van der Waals surface area contributed by atoms with Crippen LogP contribution in [0.1, 0.15) is 18.4 Å². The van der Waals surface area contributed by atoms with Crippen LogP contribution in [0.5, 0.6) is 5.75 Å². The predicted molar refractivity (Wildman–Crippen MR) is 91.0 cm³/mol. The Hall–Kier alpha value is -1.79. The summed E-state index contributed by atoms with van der Waals surface area (Å²) < 4.78 is 5.16. The molecule has 0 aromatic heterocycles. The molecular formula is C16H24ClN3O3. The molecule has 0 aliphatic rings. The first-order chi connectivity index (χ1) is 10.9. The fourth-order valence-corrected chi connectivity index (χ4v) is 2.15. The molecule has 128 valence electrons. The number of carbonyl (C=O) groups is 2. The maximum Gasteiger partial charge on any atom is 0.412 e. The molecule has 0 unspecified atom stereocenters. The fourth-order valence-electron chi connectivity index (χ4n) is 1.95. The van der Waals surface area contributed by atoms with E-state index < -0.39 is 6.09 Å². The van der Waals surface area contributed by atoms with Gasteiger partial charge >= 0.3 is 6.09 Å². The van der Waals surface area contributed by atoms with Crippen molar-refractivity contribution in [1.82, 2.24) is 15.5 Å². The summed E-state index contributed by atoms with van der Waals surface area (Å²) in [5.41, 5.74) is 0.726. The lowest BCUT2D eigenvalue weighted by Gasteiger charge is -2.11. The Balaban J connectivity index is 2.50. The molecule has 0 spiro atoms. The zero-order valence-corrected chi connectivity index (χ0v) is 14.6. The smallest absolute Gasteiger partial charge is 0.410 e. The minimum Gasteiger partial charge on any atom is -0.410 e. The summed E-state index contributed by atoms with van der Waals surface area (Å²) in [6, 6.07) is 4.98. The minimum atomic E-state index is -0.554. The second kappa shape index (κ2) is 10.1. The largest absolute Gasteiger partial charge is 0.412 e. The first-order valence-corrected chi connectivity index (χ1v) is 7.89. The van der Waals surface area contributed by atoms with Crippen molar-refractivity contribution in [3.8, 4) is 5.75 Å². The first-order valence-electron chi connectivity index (χ1n) is 7.51. The van der Waals surface area contributed by atoms with E-state index in [9.17, 15) is 9.59 Å². The molecule has 0 saturated heterocycles. The number of benzene rings is 1. The van der Waals surface area contributed by atoms with Gasteiger partial charge in [-0.15, -0.1) is 0 Å². The number of carbonyl (C=O) groups excluding carboxylic acids is 2. The van der Waals surface area contributed by atoms with Crippen LogP contribution in [0.25, 0.3) is 0 Å². The van der Waals surface area contributed by atoms with Gasteiger partial charge in [0.15, 0.2) is 0 Å². The molecule has 0 radical (unpaired) electrons. The van der Waals surface area contributed by atoms with Crippen molar-refractivity contribution in [3.63, 3.8) is 0 Å². The van der Waals surface area contributed by atoms with Gasteiger partial charge in [-0.3, -0.25) is 4.79 Å². The summed E-state index contributed by atoms with van der Waals surface area (Å²) in [6.45, 7) is 1.58. The highest BCUT2D eigenvalue weighted by atomic mass is 35.5. The quantitative estimate of drug-likeness (QED) is 0.710. The Morgan fingerprint density at radius 1 is 1.30 bits per heavy atom. The number of nitrogens with zero attached hydrogens (tertiary/aromatic N) is 1. The molecule has 1 rings (SSSR count). The molecule has 23 heavy (non-hydrogen) atoms. The Morgan fingerprint density at radius 2 is 2.04 bits per heavy atom. The number of nitrogens with one attached hydrogen (secondary N) is 2. The molecule has 1 aromatic carbocycles. The van der Waals surface area contributed by atoms with Crippen LogP contribution in [-0.4, -0.2) is 51.1 Å². The van der Waals surface area contributed by atoms with Gasteiger partial charge in [-0.05, 0) is 57.2 Å². The molecule has 0 fully saturated rings. The second-order valence-electron chi connectivity index (χ2n) is 5.40. The van der Waals surface area contributed by atoms with Gasteiger partial charge in [0.1, 0.15) is 5.75 Å². The molecule has 2 amide bonds. The van der Waals surface area contributed by atoms with Crippen molar-refractivity contribution < 1.29 is 14.3 Å². The summed E-state index contributed by atoms with van der Waals surface area (Å²) >= 11 is 5.97. The van der Waals surface area contributed by atoms with Crippen LogP contribution in [-0.2, 0) is 11.2 Å². The number of rotatable bonds is 8. The molecule has 0 atom stereocenters. The lowest BCUT2D eigenvalue weighted by atomic mass is 10.1. The van der Waals surface area contributed by atoms with E-state index in [0.29, 0.717) is 30.2 Å². The predicted octanol–water partition coefficient (Wildman–Crippen LogP) is 2.06. The average molecular weight is 342 g/mol. The Bertz CT molecular complexity index is 535. The van der Waals surface area contributed by atoms with E-state index in [-0.39, 0.29) is 5.91 Å². The molecule has 0 aliphatic carbocycles. The van der Waals surface area contributed by atoms with E-state index in [1.165, 1.54) is 7.05 Å². The third kappa shape index (κ3) is 7.85. The molecule has 0 heterocycles. The Kier molecular flexibility index (Phi) is 8.43. The standard InChI is InChI=1S/C16H24ClN3O3/c1-18-16(22)23-14-7-6-13(17)11-12(14)5-8-15(21)19-9-4-10-20(2)3/h6-7,11H,4-5,8-10H2,1-3H3,(H,18,22)(H,19,21). The number of ether oxygens (including phenoxy) is 1. The van der Waals surface area contributed by atoms with Crippen LogP contribution in [0.3, 0.4) is 0 Å². The van der Waals surface area contributed by atoms with Crippen molar-refractivity contribution in [3.05, 3.63) is 28.8 Å². The van der Waals surface area contributed by atoms with Crippen LogP contribution < -0.4 is 15.4 Å². The Morgan fingerprint density at radius 3 is 2.70 bits per heavy atom. The van der Waals surface area contributed by atoms with E-state index in [1.54, 1.807) is 18.2 Å². The summed E-state index contributed by atoms with van der Waals surface area (Å²) in [7, 11) is 5.48. The van der Waals surface area contributed by atoms with Crippen LogP contribution in [0.15, 0.2) is 18.2 Å². The molecule has 0 bridgehead atoms. The topological polar surface area (TPSA) is 70.7 Å². The van der Waals surface area contributed by atoms with Gasteiger partial charge < -0.3 is 20.3 Å². The van der Waals surface area contributed by atoms with Crippen molar-refractivity contribution in [2.75, 3.05) is 34.2 Å². The van der Waals surface area contributed by atoms with Gasteiger partial charge in [0, 0.05) is 25.0 Å². The minimum absolute atomic E-state index is 0.0328. The first kappa shape index (κ1) is 19.3. The van der Waals surface area contributed by atoms with E-state index >= 15 is 0 Å². The van der Waals surface area contributed by atoms with Gasteiger partial charge in [-0.1, -0.05) is 11.6 Å². The fraction of sp³-hybridized carbons (Fsp3) is 0.500. The zero-order chi connectivity index (χ0) is 17.2. The van der Waals surface area contributed by atoms with Gasteiger partial charge in [-0.2, -0.15) is 0 Å². The normalized spacial score (nSPS) is 10.5. The van der Waals surface area contributed by atoms with Crippen LogP contribution >= 0.6 is 11.6 Å². The SMILES string of the molecule is CNC(=O)Oc1ccc(Cl)cc1CCC(=O)NCCCN(C)C. The van der Waals surface area contributed by atoms with Crippen molar-refractivity contribution in [2.24, 2.45) is 0 Å². The average Bonchev–Trinajstić information content (AvgIpc) is 2.51. The number of amides is 2. The lowest BCUT2D eigenvalue weighted by molar-refractivity contribution is -0.121. The highest BCUT2D eigenvalue weighted by Crippen LogP contribution is 2.24. The molecule has 0 aliphatic heterocycles. The molecule has 7 heteroatoms. The van der Waals surface area contributed by atoms with Gasteiger partial charge in [-0.25, -0.2) is 4.79 Å². The monoisotopic (exact) mass is 341 g/mol. The van der Waals surface area contributed by atoms with Crippen LogP contribution in [0.4, 0.5) is 4.79 Å². The highest BCUT2D eigenvalue weighted by Gasteiger charge is 2.11. The molecule has 2 N–H and O–H groups in total. The highest BCUT2D eigenvalue weighted by molar-refractivity contribution is 6.30. The van der Waals surface area contributed by atoms with Gasteiger partial charge in [0.25, 0.3) is 0 Å². The molecule has 0 saturated carbocycles. The van der Waals surface area contributed by atoms with E-state index in [0.717, 1.165) is 18.5 Å². The maximum atomic E-state index is 11.9. The van der Waals surface area contributed by atoms with E-state index in [4.69, 9.17) is 16.3 Å². The van der Waals surface area contributed by atoms with E-state index in [2.05, 4.69) is 15.5 Å². The van der Waals surface area contributed by atoms with E-state index in [1.807, 2.05) is 14.1 Å². The summed E-state index contributed by atoms with van der Waals surface area (Å²) in [5.74, 6) is 0.379. The second-order valence-corrected chi connectivity index (χ2v) is 5.83. The summed E-state index contributed by atoms with van der Waals surface area (Å²) in [6.07, 6.45) is 1.11. The van der Waals surface area contributed by atoms with Crippen LogP contribution in [0, 0.1) is 0 Å². The zero-order valence-electron chi connectivity index (χ0n) is 13.8. The van der Waals surface area contributed by atoms with Crippen molar-refractivity contribution in [2.45, 2.75) is 19.3 Å². The molecular weight excluding hydrogens is 318 g/mol. The molecule has 1 aromatic rings. The summed E-state index contributed by atoms with van der Waals surface area (Å²) in [5, 5.41) is 5.80. The number of hydrogen-bond donors (Lipinski definition) is 2. The number of aryl methyl sites for hydroxylation is 1. The third-order valence-corrected chi connectivity index (χ3v) is 3.39.